The maximum absolute atomic E-state index is 13.7. The molecule has 40 heavy (non-hydrogen) atoms. The second-order valence-corrected chi connectivity index (χ2v) is 11.0. The first kappa shape index (κ1) is 30.1. The fraction of sp³-hybridized carbons (Fsp3) is 0.462. The Bertz CT molecular complexity index is 1280. The molecule has 0 spiro atoms. The molecule has 2 atom stereocenters. The summed E-state index contributed by atoms with van der Waals surface area (Å²) in [4.78, 5) is 29.2. The van der Waals surface area contributed by atoms with E-state index in [0.717, 1.165) is 0 Å². The highest BCUT2D eigenvalue weighted by Gasteiger charge is 2.53. The van der Waals surface area contributed by atoms with Crippen LogP contribution in [0.1, 0.15) is 47.4 Å². The van der Waals surface area contributed by atoms with Crippen molar-refractivity contribution in [1.29, 1.82) is 0 Å². The first-order chi connectivity index (χ1) is 18.5. The van der Waals surface area contributed by atoms with Gasteiger partial charge in [-0.05, 0) is 60.7 Å². The summed E-state index contributed by atoms with van der Waals surface area (Å²) in [6.45, 7) is 0.153. The molecule has 3 amide bonds. The van der Waals surface area contributed by atoms with Gasteiger partial charge in [0.05, 0.1) is 26.7 Å². The fourth-order valence-corrected chi connectivity index (χ4v) is 5.68. The summed E-state index contributed by atoms with van der Waals surface area (Å²) in [7, 11) is 2.83. The van der Waals surface area contributed by atoms with Crippen LogP contribution in [0.25, 0.3) is 0 Å². The lowest BCUT2D eigenvalue weighted by molar-refractivity contribution is -0.143. The molecule has 2 aromatic carbocycles. The Morgan fingerprint density at radius 3 is 2.00 bits per heavy atom. The lowest BCUT2D eigenvalue weighted by Gasteiger charge is -2.44. The van der Waals surface area contributed by atoms with Crippen LogP contribution in [-0.2, 0) is 17.9 Å². The number of rotatable bonds is 4. The van der Waals surface area contributed by atoms with Crippen molar-refractivity contribution < 1.29 is 41.0 Å². The Hall–Kier alpha value is -2.86. The van der Waals surface area contributed by atoms with E-state index in [1.165, 1.54) is 28.8 Å². The Labute approximate surface area is 236 Å². The predicted molar refractivity (Wildman–Crippen MR) is 135 cm³/mol. The summed E-state index contributed by atoms with van der Waals surface area (Å²) in [5.74, 6) is -0.525. The van der Waals surface area contributed by atoms with Crippen molar-refractivity contribution in [1.82, 2.24) is 14.7 Å². The Balaban J connectivity index is 1.66. The lowest BCUT2D eigenvalue weighted by Crippen LogP contribution is -2.55. The van der Waals surface area contributed by atoms with Gasteiger partial charge in [0, 0.05) is 39.1 Å². The second kappa shape index (κ2) is 10.5. The van der Waals surface area contributed by atoms with Crippen molar-refractivity contribution in [3.05, 3.63) is 68.7 Å². The highest BCUT2D eigenvalue weighted by atomic mass is 35.5. The smallest absolute Gasteiger partial charge is 0.416 e. The van der Waals surface area contributed by atoms with E-state index in [0.29, 0.717) is 17.7 Å². The van der Waals surface area contributed by atoms with E-state index in [1.807, 2.05) is 0 Å². The number of benzene rings is 2. The van der Waals surface area contributed by atoms with E-state index in [9.17, 15) is 41.0 Å². The van der Waals surface area contributed by atoms with Crippen LogP contribution in [0.3, 0.4) is 0 Å². The van der Waals surface area contributed by atoms with Gasteiger partial charge in [-0.25, -0.2) is 9.59 Å². The van der Waals surface area contributed by atoms with Gasteiger partial charge < -0.3 is 19.8 Å². The number of likely N-dealkylation sites (N-methyl/N-ethyl adjacent to an activating group) is 1. The largest absolute Gasteiger partial charge is 0.465 e. The van der Waals surface area contributed by atoms with E-state index in [-0.39, 0.29) is 54.0 Å². The molecule has 2 aromatic rings. The third-order valence-electron chi connectivity index (χ3n) is 7.80. The zero-order chi connectivity index (χ0) is 29.8. The van der Waals surface area contributed by atoms with Crippen LogP contribution in [0.2, 0.25) is 10.0 Å². The van der Waals surface area contributed by atoms with Gasteiger partial charge in [-0.2, -0.15) is 26.3 Å². The minimum atomic E-state index is -5.02. The van der Waals surface area contributed by atoms with Crippen LogP contribution in [0, 0.1) is 0 Å². The molecule has 1 saturated heterocycles. The van der Waals surface area contributed by atoms with Crippen molar-refractivity contribution in [2.75, 3.05) is 27.2 Å². The number of amides is 3. The molecule has 2 fully saturated rings. The number of carbonyl (C=O) groups is 2. The highest BCUT2D eigenvalue weighted by Crippen LogP contribution is 2.53. The molecular weight excluding hydrogens is 587 g/mol. The standard InChI is InChI=1S/C26H25Cl2F6N3O3/c1-35(21-5-8-37(23(39)40)13-18(21)14-3-4-19(27)20(28)9-14)22(38)36(2)24(6-7-24)15-10-16(25(29,30)31)12-17(11-15)26(32,33)34/h3-4,9-12,18,21H,5-8,13H2,1-2H3,(H,39,40)/t18-,21+/m0/s1. The van der Waals surface area contributed by atoms with Crippen molar-refractivity contribution in [2.24, 2.45) is 0 Å². The van der Waals surface area contributed by atoms with Crippen molar-refractivity contribution in [2.45, 2.75) is 49.1 Å². The highest BCUT2D eigenvalue weighted by molar-refractivity contribution is 6.42. The van der Waals surface area contributed by atoms with Gasteiger partial charge in [-0.3, -0.25) is 0 Å². The summed E-state index contributed by atoms with van der Waals surface area (Å²) in [6, 6.07) is 5.02. The van der Waals surface area contributed by atoms with Gasteiger partial charge in [0.1, 0.15) is 0 Å². The topological polar surface area (TPSA) is 64.1 Å². The van der Waals surface area contributed by atoms with Crippen molar-refractivity contribution >= 4 is 35.3 Å². The molecule has 2 aliphatic rings. The quantitative estimate of drug-likeness (QED) is 0.363. The van der Waals surface area contributed by atoms with Gasteiger partial charge in [-0.1, -0.05) is 29.3 Å². The Morgan fingerprint density at radius 1 is 0.950 bits per heavy atom. The molecule has 1 heterocycles. The molecule has 14 heteroatoms. The number of piperidine rings is 1. The summed E-state index contributed by atoms with van der Waals surface area (Å²) in [5, 5.41) is 10.1. The van der Waals surface area contributed by atoms with Crippen LogP contribution in [0.5, 0.6) is 0 Å². The molecule has 1 aliphatic carbocycles. The molecule has 0 bridgehead atoms. The SMILES string of the molecule is CN(C(=O)N(C)C1(c2cc(C(F)(F)F)cc(C(F)(F)F)c2)CC1)[C@@H]1CCN(C(=O)O)C[C@H]1c1ccc(Cl)c(Cl)c1. The van der Waals surface area contributed by atoms with Crippen LogP contribution >= 0.6 is 23.2 Å². The summed E-state index contributed by atoms with van der Waals surface area (Å²) in [5.41, 5.74) is -3.87. The third kappa shape index (κ3) is 5.79. The molecule has 4 rings (SSSR count). The van der Waals surface area contributed by atoms with Gasteiger partial charge in [0.2, 0.25) is 0 Å². The number of halogens is 8. The molecule has 0 aromatic heterocycles. The monoisotopic (exact) mass is 611 g/mol. The second-order valence-electron chi connectivity index (χ2n) is 10.1. The maximum Gasteiger partial charge on any atom is 0.416 e. The number of urea groups is 1. The predicted octanol–water partition coefficient (Wildman–Crippen LogP) is 7.54. The summed E-state index contributed by atoms with van der Waals surface area (Å²) in [6.07, 6.45) is -10.6. The zero-order valence-corrected chi connectivity index (χ0v) is 22.8. The average molecular weight is 612 g/mol. The van der Waals surface area contributed by atoms with E-state index >= 15 is 0 Å². The lowest BCUT2D eigenvalue weighted by atomic mass is 9.85. The Kier molecular flexibility index (Phi) is 7.92. The number of likely N-dealkylation sites (tertiary alicyclic amines) is 1. The van der Waals surface area contributed by atoms with E-state index in [2.05, 4.69) is 0 Å². The van der Waals surface area contributed by atoms with Gasteiger partial charge in [0.25, 0.3) is 0 Å². The van der Waals surface area contributed by atoms with Crippen LogP contribution in [0.15, 0.2) is 36.4 Å². The first-order valence-corrected chi connectivity index (χ1v) is 12.9. The number of carboxylic acid groups (broad SMARTS) is 1. The normalized spacial score (nSPS) is 20.7. The van der Waals surface area contributed by atoms with E-state index < -0.39 is 53.1 Å². The number of hydrogen-bond donors (Lipinski definition) is 1. The zero-order valence-electron chi connectivity index (χ0n) is 21.3. The number of alkyl halides is 6. The molecule has 0 radical (unpaired) electrons. The molecule has 6 nitrogen and oxygen atoms in total. The van der Waals surface area contributed by atoms with Gasteiger partial charge >= 0.3 is 24.5 Å². The van der Waals surface area contributed by atoms with Crippen LogP contribution in [-0.4, -0.2) is 65.2 Å². The minimum Gasteiger partial charge on any atom is -0.465 e. The summed E-state index contributed by atoms with van der Waals surface area (Å²) >= 11 is 12.2. The fourth-order valence-electron chi connectivity index (χ4n) is 5.37. The van der Waals surface area contributed by atoms with E-state index in [4.69, 9.17) is 23.2 Å². The number of hydrogen-bond acceptors (Lipinski definition) is 2. The summed E-state index contributed by atoms with van der Waals surface area (Å²) < 4.78 is 81.0. The Morgan fingerprint density at radius 2 is 1.52 bits per heavy atom. The van der Waals surface area contributed by atoms with Crippen LogP contribution in [0.4, 0.5) is 35.9 Å². The minimum absolute atomic E-state index is 0.0347. The van der Waals surface area contributed by atoms with E-state index in [1.54, 1.807) is 18.2 Å². The first-order valence-electron chi connectivity index (χ1n) is 12.2. The molecule has 1 N–H and O–H groups in total. The molecule has 218 valence electrons. The molecule has 1 aliphatic heterocycles. The number of carbonyl (C=O) groups excluding carboxylic acids is 1. The average Bonchev–Trinajstić information content (AvgIpc) is 3.69. The van der Waals surface area contributed by atoms with Crippen molar-refractivity contribution in [3.63, 3.8) is 0 Å². The van der Waals surface area contributed by atoms with Gasteiger partial charge in [0.15, 0.2) is 0 Å². The maximum atomic E-state index is 13.7. The molecule has 1 saturated carbocycles. The number of nitrogens with zero attached hydrogens (tertiary/aromatic N) is 3. The van der Waals surface area contributed by atoms with Crippen LogP contribution < -0.4 is 0 Å². The third-order valence-corrected chi connectivity index (χ3v) is 8.53. The van der Waals surface area contributed by atoms with Gasteiger partial charge in [-0.15, -0.1) is 0 Å². The van der Waals surface area contributed by atoms with Crippen molar-refractivity contribution in [3.8, 4) is 0 Å². The molecule has 0 unspecified atom stereocenters. The molecular formula is C26H25Cl2F6N3O3.